The van der Waals surface area contributed by atoms with Crippen molar-refractivity contribution in [3.05, 3.63) is 47.3 Å². The van der Waals surface area contributed by atoms with Gasteiger partial charge in [-0.25, -0.2) is 0 Å². The van der Waals surface area contributed by atoms with Gasteiger partial charge in [0.1, 0.15) is 11.7 Å². The number of benzene rings is 1. The summed E-state index contributed by atoms with van der Waals surface area (Å²) in [6, 6.07) is 14.7. The summed E-state index contributed by atoms with van der Waals surface area (Å²) >= 11 is 1.78. The fourth-order valence-electron chi connectivity index (χ4n) is 3.08. The van der Waals surface area contributed by atoms with Crippen molar-refractivity contribution in [1.82, 2.24) is 10.2 Å². The predicted octanol–water partition coefficient (Wildman–Crippen LogP) is 3.40. The molecule has 1 aliphatic carbocycles. The summed E-state index contributed by atoms with van der Waals surface area (Å²) < 4.78 is 0. The molecule has 2 heterocycles. The summed E-state index contributed by atoms with van der Waals surface area (Å²) in [6.07, 6.45) is 2.01. The molecule has 4 rings (SSSR count). The number of thiophene rings is 1. The first-order valence-electron chi connectivity index (χ1n) is 7.47. The van der Waals surface area contributed by atoms with Gasteiger partial charge in [0.2, 0.25) is 5.91 Å². The van der Waals surface area contributed by atoms with Crippen LogP contribution < -0.4 is 5.32 Å². The topological polar surface area (TPSA) is 32.3 Å². The van der Waals surface area contributed by atoms with Gasteiger partial charge in [-0.1, -0.05) is 30.3 Å². The molecule has 108 valence electrons. The molecule has 0 radical (unpaired) electrons. The molecule has 0 bridgehead atoms. The van der Waals surface area contributed by atoms with Gasteiger partial charge in [0.25, 0.3) is 0 Å². The van der Waals surface area contributed by atoms with Gasteiger partial charge in [0.05, 0.1) is 0 Å². The number of nitrogens with zero attached hydrogens (tertiary/aromatic N) is 1. The molecule has 1 spiro atoms. The maximum absolute atomic E-state index is 12.4. The second-order valence-electron chi connectivity index (χ2n) is 5.79. The van der Waals surface area contributed by atoms with Crippen molar-refractivity contribution in [1.29, 1.82) is 0 Å². The van der Waals surface area contributed by atoms with Crippen molar-refractivity contribution >= 4 is 17.2 Å². The summed E-state index contributed by atoms with van der Waals surface area (Å²) in [5.41, 5.74) is 1.000. The van der Waals surface area contributed by atoms with Gasteiger partial charge in [0, 0.05) is 16.3 Å². The Morgan fingerprint density at radius 2 is 2.00 bits per heavy atom. The van der Waals surface area contributed by atoms with Crippen molar-refractivity contribution in [3.63, 3.8) is 0 Å². The number of nitrogens with one attached hydrogen (secondary N) is 1. The van der Waals surface area contributed by atoms with E-state index in [0.717, 1.165) is 19.4 Å². The van der Waals surface area contributed by atoms with E-state index < -0.39 is 0 Å². The molecule has 2 aromatic rings. The summed E-state index contributed by atoms with van der Waals surface area (Å²) in [5.74, 6) is 0.282. The molecular weight excluding hydrogens is 280 g/mol. The van der Waals surface area contributed by atoms with E-state index in [2.05, 4.69) is 48.6 Å². The molecular formula is C17H18N2OS. The summed E-state index contributed by atoms with van der Waals surface area (Å²) in [6.45, 7) is 2.82. The highest BCUT2D eigenvalue weighted by molar-refractivity contribution is 7.15. The Balaban J connectivity index is 1.65. The number of likely N-dealkylation sites (N-methyl/N-ethyl adjacent to an activating group) is 1. The lowest BCUT2D eigenvalue weighted by Gasteiger charge is -2.21. The molecule has 1 aromatic heterocycles. The van der Waals surface area contributed by atoms with Crippen LogP contribution in [-0.2, 0) is 4.79 Å². The minimum absolute atomic E-state index is 0.0486. The van der Waals surface area contributed by atoms with Crippen LogP contribution in [0.25, 0.3) is 10.4 Å². The van der Waals surface area contributed by atoms with Crippen LogP contribution >= 0.6 is 11.3 Å². The Labute approximate surface area is 128 Å². The van der Waals surface area contributed by atoms with Gasteiger partial charge in [-0.3, -0.25) is 10.1 Å². The molecule has 1 saturated carbocycles. The van der Waals surface area contributed by atoms with Crippen LogP contribution in [0.15, 0.2) is 42.5 Å². The highest BCUT2D eigenvalue weighted by Crippen LogP contribution is 2.47. The number of rotatable bonds is 3. The van der Waals surface area contributed by atoms with Crippen LogP contribution in [0.3, 0.4) is 0 Å². The molecule has 1 saturated heterocycles. The Hall–Kier alpha value is -1.65. The summed E-state index contributed by atoms with van der Waals surface area (Å²) in [4.78, 5) is 16.9. The molecule has 1 aliphatic heterocycles. The maximum Gasteiger partial charge on any atom is 0.244 e. The van der Waals surface area contributed by atoms with E-state index in [9.17, 15) is 4.79 Å². The predicted molar refractivity (Wildman–Crippen MR) is 85.0 cm³/mol. The van der Waals surface area contributed by atoms with Crippen molar-refractivity contribution in [2.75, 3.05) is 6.54 Å². The highest BCUT2D eigenvalue weighted by atomic mass is 32.1. The van der Waals surface area contributed by atoms with Gasteiger partial charge in [-0.05, 0) is 37.5 Å². The first-order valence-corrected chi connectivity index (χ1v) is 8.29. The third kappa shape index (κ3) is 2.01. The van der Waals surface area contributed by atoms with E-state index >= 15 is 0 Å². The molecule has 3 nitrogen and oxygen atoms in total. The van der Waals surface area contributed by atoms with Gasteiger partial charge in [-0.2, -0.15) is 0 Å². The van der Waals surface area contributed by atoms with E-state index in [4.69, 9.17) is 0 Å². The van der Waals surface area contributed by atoms with Crippen LogP contribution in [-0.4, -0.2) is 22.9 Å². The molecule has 1 aromatic carbocycles. The van der Waals surface area contributed by atoms with Gasteiger partial charge >= 0.3 is 0 Å². The van der Waals surface area contributed by atoms with Crippen LogP contribution in [0, 0.1) is 0 Å². The summed E-state index contributed by atoms with van der Waals surface area (Å²) in [5, 5.41) is 3.56. The lowest BCUT2D eigenvalue weighted by molar-refractivity contribution is -0.130. The van der Waals surface area contributed by atoms with Crippen molar-refractivity contribution in [2.24, 2.45) is 0 Å². The molecule has 1 amide bonds. The molecule has 2 fully saturated rings. The van der Waals surface area contributed by atoms with Gasteiger partial charge in [0.15, 0.2) is 0 Å². The van der Waals surface area contributed by atoms with Gasteiger partial charge in [-0.15, -0.1) is 11.3 Å². The van der Waals surface area contributed by atoms with E-state index in [-0.39, 0.29) is 17.6 Å². The second-order valence-corrected chi connectivity index (χ2v) is 6.90. The third-order valence-electron chi connectivity index (χ3n) is 4.44. The smallest absolute Gasteiger partial charge is 0.244 e. The standard InChI is InChI=1S/C17H18N2OS/c1-2-19-15(18-17(10-11-17)16(19)20)14-9-8-13(21-14)12-6-4-3-5-7-12/h3-9,15,18H,2,10-11H2,1H3. The first-order chi connectivity index (χ1) is 10.2. The largest absolute Gasteiger partial charge is 0.321 e. The number of hydrogen-bond acceptors (Lipinski definition) is 3. The molecule has 1 unspecified atom stereocenters. The average Bonchev–Trinajstić information content (AvgIpc) is 3.04. The molecule has 4 heteroatoms. The van der Waals surface area contributed by atoms with Crippen LogP contribution in [0.4, 0.5) is 0 Å². The van der Waals surface area contributed by atoms with E-state index in [1.165, 1.54) is 15.3 Å². The molecule has 2 aliphatic rings. The fraction of sp³-hybridized carbons (Fsp3) is 0.353. The Morgan fingerprint density at radius 3 is 2.67 bits per heavy atom. The number of hydrogen-bond donors (Lipinski definition) is 1. The van der Waals surface area contributed by atoms with Crippen LogP contribution in [0.5, 0.6) is 0 Å². The lowest BCUT2D eigenvalue weighted by Crippen LogP contribution is -2.32. The Bertz CT molecular complexity index is 675. The normalized spacial score (nSPS) is 23.0. The van der Waals surface area contributed by atoms with Crippen LogP contribution in [0.2, 0.25) is 0 Å². The fourth-order valence-corrected chi connectivity index (χ4v) is 4.16. The lowest BCUT2D eigenvalue weighted by atomic mass is 10.2. The zero-order valence-corrected chi connectivity index (χ0v) is 12.8. The van der Waals surface area contributed by atoms with E-state index in [0.29, 0.717) is 0 Å². The van der Waals surface area contributed by atoms with Crippen molar-refractivity contribution in [3.8, 4) is 10.4 Å². The molecule has 1 N–H and O–H groups in total. The minimum atomic E-state index is -0.239. The zero-order chi connectivity index (χ0) is 14.4. The summed E-state index contributed by atoms with van der Waals surface area (Å²) in [7, 11) is 0. The zero-order valence-electron chi connectivity index (χ0n) is 12.0. The Morgan fingerprint density at radius 1 is 1.24 bits per heavy atom. The SMILES string of the molecule is CCN1C(=O)C2(CC2)NC1c1ccc(-c2ccccc2)s1. The molecule has 1 atom stereocenters. The monoisotopic (exact) mass is 298 g/mol. The van der Waals surface area contributed by atoms with Gasteiger partial charge < -0.3 is 4.90 Å². The Kier molecular flexibility index (Phi) is 2.91. The third-order valence-corrected chi connectivity index (χ3v) is 5.63. The quantitative estimate of drug-likeness (QED) is 0.942. The van der Waals surface area contributed by atoms with Crippen LogP contribution in [0.1, 0.15) is 30.8 Å². The first kappa shape index (κ1) is 13.0. The number of carbonyl (C=O) groups is 1. The highest BCUT2D eigenvalue weighted by Gasteiger charge is 2.59. The van der Waals surface area contributed by atoms with E-state index in [1.807, 2.05) is 11.0 Å². The average molecular weight is 298 g/mol. The van der Waals surface area contributed by atoms with E-state index in [1.54, 1.807) is 11.3 Å². The number of amides is 1. The molecule has 21 heavy (non-hydrogen) atoms. The minimum Gasteiger partial charge on any atom is -0.321 e. The maximum atomic E-state index is 12.4. The van der Waals surface area contributed by atoms with Crippen molar-refractivity contribution < 1.29 is 4.79 Å². The number of carbonyl (C=O) groups excluding carboxylic acids is 1. The second kappa shape index (κ2) is 4.68. The van der Waals surface area contributed by atoms with Crippen molar-refractivity contribution in [2.45, 2.75) is 31.5 Å².